The zero-order chi connectivity index (χ0) is 20.3. The van der Waals surface area contributed by atoms with Crippen LogP contribution >= 0.6 is 0 Å². The lowest BCUT2D eigenvalue weighted by molar-refractivity contribution is 0.254. The molecule has 0 saturated heterocycles. The Morgan fingerprint density at radius 1 is 0.733 bits per heavy atom. The van der Waals surface area contributed by atoms with Crippen LogP contribution in [0.2, 0.25) is 0 Å². The zero-order valence-corrected chi connectivity index (χ0v) is 16.0. The normalized spacial score (nSPS) is 11.1. The SMILES string of the molecule is O=c1cc(COc2ccc3oc4ccccc4c3c2)occ1OCc1ccccc1. The highest BCUT2D eigenvalue weighted by molar-refractivity contribution is 6.05. The van der Waals surface area contributed by atoms with Crippen molar-refractivity contribution in [3.63, 3.8) is 0 Å². The Hall–Kier alpha value is -3.99. The molecule has 0 atom stereocenters. The van der Waals surface area contributed by atoms with Gasteiger partial charge in [0.15, 0.2) is 0 Å². The van der Waals surface area contributed by atoms with Gasteiger partial charge in [0.2, 0.25) is 11.2 Å². The molecule has 0 aliphatic rings. The van der Waals surface area contributed by atoms with Gasteiger partial charge in [-0.3, -0.25) is 4.79 Å². The van der Waals surface area contributed by atoms with E-state index in [1.54, 1.807) is 0 Å². The van der Waals surface area contributed by atoms with Crippen LogP contribution < -0.4 is 14.9 Å². The molecule has 0 bridgehead atoms. The predicted octanol–water partition coefficient (Wildman–Crippen LogP) is 5.70. The summed E-state index contributed by atoms with van der Waals surface area (Å²) in [6.45, 7) is 0.440. The smallest absolute Gasteiger partial charge is 0.227 e. The summed E-state index contributed by atoms with van der Waals surface area (Å²) in [5, 5.41) is 2.01. The molecule has 0 radical (unpaired) electrons. The summed E-state index contributed by atoms with van der Waals surface area (Å²) in [5.41, 5.74) is 2.37. The van der Waals surface area contributed by atoms with Crippen molar-refractivity contribution in [2.24, 2.45) is 0 Å². The molecule has 0 aliphatic heterocycles. The average Bonchev–Trinajstić information content (AvgIpc) is 3.16. The van der Waals surface area contributed by atoms with E-state index in [2.05, 4.69) is 0 Å². The van der Waals surface area contributed by atoms with Crippen LogP contribution in [0.1, 0.15) is 11.3 Å². The molecule has 2 aromatic heterocycles. The Morgan fingerprint density at radius 2 is 1.53 bits per heavy atom. The van der Waals surface area contributed by atoms with Gasteiger partial charge in [0.1, 0.15) is 42.2 Å². The Morgan fingerprint density at radius 3 is 2.40 bits per heavy atom. The van der Waals surface area contributed by atoms with Crippen molar-refractivity contribution in [2.45, 2.75) is 13.2 Å². The first-order chi connectivity index (χ1) is 14.8. The van der Waals surface area contributed by atoms with Gasteiger partial charge in [0.25, 0.3) is 0 Å². The fourth-order valence-electron chi connectivity index (χ4n) is 3.30. The number of fused-ring (bicyclic) bond motifs is 3. The van der Waals surface area contributed by atoms with E-state index in [0.29, 0.717) is 18.1 Å². The van der Waals surface area contributed by atoms with E-state index in [1.165, 1.54) is 12.3 Å². The summed E-state index contributed by atoms with van der Waals surface area (Å²) in [4.78, 5) is 12.3. The van der Waals surface area contributed by atoms with E-state index < -0.39 is 0 Å². The molecular weight excluding hydrogens is 380 g/mol. The largest absolute Gasteiger partial charge is 0.486 e. The van der Waals surface area contributed by atoms with Gasteiger partial charge in [-0.15, -0.1) is 0 Å². The maximum Gasteiger partial charge on any atom is 0.227 e. The van der Waals surface area contributed by atoms with Gasteiger partial charge in [0.05, 0.1) is 0 Å². The first-order valence-corrected chi connectivity index (χ1v) is 9.59. The van der Waals surface area contributed by atoms with Gasteiger partial charge in [-0.1, -0.05) is 48.5 Å². The summed E-state index contributed by atoms with van der Waals surface area (Å²) in [6, 6.07) is 24.5. The van der Waals surface area contributed by atoms with Crippen molar-refractivity contribution in [3.8, 4) is 11.5 Å². The van der Waals surface area contributed by atoms with E-state index in [4.69, 9.17) is 18.3 Å². The first kappa shape index (κ1) is 18.1. The molecular formula is C25H18O5. The Kier molecular flexibility index (Phi) is 4.69. The van der Waals surface area contributed by atoms with Crippen molar-refractivity contribution in [3.05, 3.63) is 107 Å². The number of para-hydroxylation sites is 1. The van der Waals surface area contributed by atoms with Crippen molar-refractivity contribution >= 4 is 21.9 Å². The van der Waals surface area contributed by atoms with E-state index in [-0.39, 0.29) is 17.8 Å². The fourth-order valence-corrected chi connectivity index (χ4v) is 3.30. The third-order valence-corrected chi connectivity index (χ3v) is 4.82. The molecule has 2 heterocycles. The molecule has 0 amide bonds. The molecule has 5 aromatic rings. The number of ether oxygens (including phenoxy) is 2. The zero-order valence-electron chi connectivity index (χ0n) is 16.0. The molecule has 0 N–H and O–H groups in total. The molecule has 0 saturated carbocycles. The van der Waals surface area contributed by atoms with Gasteiger partial charge in [-0.2, -0.15) is 0 Å². The van der Waals surface area contributed by atoms with E-state index >= 15 is 0 Å². The van der Waals surface area contributed by atoms with Gasteiger partial charge >= 0.3 is 0 Å². The summed E-state index contributed by atoms with van der Waals surface area (Å²) < 4.78 is 22.7. The van der Waals surface area contributed by atoms with Gasteiger partial charge in [0, 0.05) is 16.8 Å². The van der Waals surface area contributed by atoms with E-state index in [0.717, 1.165) is 27.5 Å². The Labute approximate surface area is 172 Å². The number of benzene rings is 3. The standard InChI is InChI=1S/C25H18O5/c26-22-13-19(28-16-25(22)29-14-17-6-2-1-3-7-17)15-27-18-10-11-24-21(12-18)20-8-4-5-9-23(20)30-24/h1-13,16H,14-15H2. The summed E-state index contributed by atoms with van der Waals surface area (Å²) >= 11 is 0. The van der Waals surface area contributed by atoms with Crippen LogP contribution in [0.4, 0.5) is 0 Å². The monoisotopic (exact) mass is 398 g/mol. The highest BCUT2D eigenvalue weighted by Gasteiger charge is 2.09. The molecule has 0 unspecified atom stereocenters. The Bertz CT molecular complexity index is 1360. The molecule has 3 aromatic carbocycles. The predicted molar refractivity (Wildman–Crippen MR) is 114 cm³/mol. The third kappa shape index (κ3) is 3.65. The Balaban J connectivity index is 1.28. The highest BCUT2D eigenvalue weighted by Crippen LogP contribution is 2.31. The molecule has 5 nitrogen and oxygen atoms in total. The lowest BCUT2D eigenvalue weighted by Crippen LogP contribution is -2.09. The fraction of sp³-hybridized carbons (Fsp3) is 0.0800. The summed E-state index contributed by atoms with van der Waals surface area (Å²) in [7, 11) is 0. The first-order valence-electron chi connectivity index (χ1n) is 9.59. The van der Waals surface area contributed by atoms with E-state index in [1.807, 2.05) is 72.8 Å². The lowest BCUT2D eigenvalue weighted by atomic mass is 10.1. The van der Waals surface area contributed by atoms with Crippen molar-refractivity contribution < 1.29 is 18.3 Å². The maximum absolute atomic E-state index is 12.3. The van der Waals surface area contributed by atoms with Crippen molar-refractivity contribution in [1.29, 1.82) is 0 Å². The van der Waals surface area contributed by atoms with Gasteiger partial charge < -0.3 is 18.3 Å². The van der Waals surface area contributed by atoms with Crippen LogP contribution in [0, 0.1) is 0 Å². The summed E-state index contributed by atoms with van der Waals surface area (Å²) in [6.07, 6.45) is 1.33. The molecule has 0 fully saturated rings. The second-order valence-corrected chi connectivity index (χ2v) is 6.89. The molecule has 5 heteroatoms. The van der Waals surface area contributed by atoms with Gasteiger partial charge in [-0.05, 0) is 29.8 Å². The van der Waals surface area contributed by atoms with Crippen LogP contribution in [-0.2, 0) is 13.2 Å². The second kappa shape index (κ2) is 7.79. The highest BCUT2D eigenvalue weighted by atomic mass is 16.5. The van der Waals surface area contributed by atoms with Crippen LogP contribution in [0.25, 0.3) is 21.9 Å². The third-order valence-electron chi connectivity index (χ3n) is 4.82. The number of furan rings is 1. The van der Waals surface area contributed by atoms with Crippen LogP contribution in [0.3, 0.4) is 0 Å². The molecule has 148 valence electrons. The molecule has 30 heavy (non-hydrogen) atoms. The minimum Gasteiger partial charge on any atom is -0.486 e. The van der Waals surface area contributed by atoms with Crippen LogP contribution in [0.5, 0.6) is 11.5 Å². The topological polar surface area (TPSA) is 61.8 Å². The van der Waals surface area contributed by atoms with Crippen molar-refractivity contribution in [2.75, 3.05) is 0 Å². The van der Waals surface area contributed by atoms with E-state index in [9.17, 15) is 4.79 Å². The number of hydrogen-bond acceptors (Lipinski definition) is 5. The molecule has 0 spiro atoms. The minimum absolute atomic E-state index is 0.134. The second-order valence-electron chi connectivity index (χ2n) is 6.89. The van der Waals surface area contributed by atoms with Gasteiger partial charge in [-0.25, -0.2) is 0 Å². The minimum atomic E-state index is -0.243. The summed E-state index contributed by atoms with van der Waals surface area (Å²) in [5.74, 6) is 1.26. The maximum atomic E-state index is 12.3. The van der Waals surface area contributed by atoms with Crippen molar-refractivity contribution in [1.82, 2.24) is 0 Å². The quantitative estimate of drug-likeness (QED) is 0.367. The molecule has 5 rings (SSSR count). The molecule has 0 aliphatic carbocycles. The average molecular weight is 398 g/mol. The lowest BCUT2D eigenvalue weighted by Gasteiger charge is -2.07. The number of rotatable bonds is 6. The number of hydrogen-bond donors (Lipinski definition) is 0. The van der Waals surface area contributed by atoms with Crippen LogP contribution in [0.15, 0.2) is 98.8 Å². The van der Waals surface area contributed by atoms with Crippen LogP contribution in [-0.4, -0.2) is 0 Å².